The van der Waals surface area contributed by atoms with Crippen molar-refractivity contribution in [1.29, 1.82) is 0 Å². The fraction of sp³-hybridized carbons (Fsp3) is 1.00. The molecule has 0 amide bonds. The van der Waals surface area contributed by atoms with Gasteiger partial charge in [-0.15, -0.1) is 0 Å². The van der Waals surface area contributed by atoms with E-state index < -0.39 is 8.07 Å². The van der Waals surface area contributed by atoms with Gasteiger partial charge >= 0.3 is 0 Å². The Morgan fingerprint density at radius 3 is 1.92 bits per heavy atom. The zero-order valence-corrected chi connectivity index (χ0v) is 10.9. The molecule has 0 saturated carbocycles. The van der Waals surface area contributed by atoms with Crippen molar-refractivity contribution in [1.82, 2.24) is 4.90 Å². The molecule has 1 nitrogen and oxygen atoms in total. The van der Waals surface area contributed by atoms with E-state index >= 15 is 0 Å². The van der Waals surface area contributed by atoms with E-state index in [9.17, 15) is 0 Å². The van der Waals surface area contributed by atoms with Gasteiger partial charge in [0.25, 0.3) is 0 Å². The zero-order chi connectivity index (χ0) is 10.1. The summed E-state index contributed by atoms with van der Waals surface area (Å²) in [6.07, 6.45) is 2.82. The molecule has 1 rings (SSSR count). The minimum Gasteiger partial charge on any atom is -0.306 e. The summed E-state index contributed by atoms with van der Waals surface area (Å²) in [4.78, 5) is 2.70. The van der Waals surface area contributed by atoms with Gasteiger partial charge in [-0.2, -0.15) is 0 Å². The van der Waals surface area contributed by atoms with Gasteiger partial charge in [-0.3, -0.25) is 0 Å². The summed E-state index contributed by atoms with van der Waals surface area (Å²) in [5.74, 6) is 1.83. The second kappa shape index (κ2) is 4.14. The van der Waals surface area contributed by atoms with E-state index in [1.165, 1.54) is 25.7 Å². The molecule has 0 spiro atoms. The average Bonchev–Trinajstić information content (AvgIpc) is 1.78. The van der Waals surface area contributed by atoms with Gasteiger partial charge in [0.05, 0.1) is 8.07 Å². The van der Waals surface area contributed by atoms with Crippen LogP contribution in [0.1, 0.15) is 20.3 Å². The molecule has 0 bridgehead atoms. The zero-order valence-electron chi connectivity index (χ0n) is 9.93. The fourth-order valence-corrected chi connectivity index (χ4v) is 4.19. The Labute approximate surface area is 84.5 Å². The molecule has 78 valence electrons. The maximum Gasteiger partial charge on any atom is 0.0599 e. The van der Waals surface area contributed by atoms with Gasteiger partial charge in [0.15, 0.2) is 0 Å². The van der Waals surface area contributed by atoms with Crippen LogP contribution in [0.25, 0.3) is 0 Å². The first kappa shape index (κ1) is 11.3. The summed E-state index contributed by atoms with van der Waals surface area (Å²) in [7, 11) is -0.878. The van der Waals surface area contributed by atoms with Crippen molar-refractivity contribution in [3.8, 4) is 0 Å². The van der Waals surface area contributed by atoms with Crippen molar-refractivity contribution in [2.45, 2.75) is 39.9 Å². The lowest BCUT2D eigenvalue weighted by molar-refractivity contribution is 0.160. The molecule has 0 aromatic carbocycles. The number of nitrogens with zero attached hydrogens (tertiary/aromatic N) is 1. The first-order valence-electron chi connectivity index (χ1n) is 5.59. The van der Waals surface area contributed by atoms with E-state index in [1.54, 1.807) is 0 Å². The highest BCUT2D eigenvalue weighted by Gasteiger charge is 2.25. The van der Waals surface area contributed by atoms with Gasteiger partial charge in [-0.1, -0.05) is 33.5 Å². The second-order valence-corrected chi connectivity index (χ2v) is 11.6. The van der Waals surface area contributed by atoms with Crippen molar-refractivity contribution in [3.63, 3.8) is 0 Å². The van der Waals surface area contributed by atoms with Gasteiger partial charge in [-0.05, 0) is 24.4 Å². The van der Waals surface area contributed by atoms with Crippen LogP contribution in [0.15, 0.2) is 0 Å². The first-order valence-corrected chi connectivity index (χ1v) is 9.30. The predicted octanol–water partition coefficient (Wildman–Crippen LogP) is 2.84. The number of hydrogen-bond acceptors (Lipinski definition) is 1. The molecule has 2 atom stereocenters. The van der Waals surface area contributed by atoms with Crippen LogP contribution in [0.4, 0.5) is 0 Å². The van der Waals surface area contributed by atoms with Crippen LogP contribution in [-0.2, 0) is 0 Å². The van der Waals surface area contributed by atoms with Crippen molar-refractivity contribution in [3.05, 3.63) is 0 Å². The normalized spacial score (nSPS) is 32.1. The molecule has 2 unspecified atom stereocenters. The Bertz CT molecular complexity index is 152. The summed E-state index contributed by atoms with van der Waals surface area (Å²) in [6.45, 7) is 14.9. The lowest BCUT2D eigenvalue weighted by Gasteiger charge is -2.37. The minimum absolute atomic E-state index is 0.878. The molecule has 1 fully saturated rings. The van der Waals surface area contributed by atoms with Crippen LogP contribution in [0.5, 0.6) is 0 Å². The van der Waals surface area contributed by atoms with E-state index in [2.05, 4.69) is 38.4 Å². The number of rotatable bonds is 2. The highest BCUT2D eigenvalue weighted by atomic mass is 28.3. The summed E-state index contributed by atoms with van der Waals surface area (Å²) < 4.78 is 0. The largest absolute Gasteiger partial charge is 0.306 e. The van der Waals surface area contributed by atoms with Gasteiger partial charge in [-0.25, -0.2) is 0 Å². The SMILES string of the molecule is CC1CC(C)CN(C[Si](C)(C)C)C1. The molecule has 2 heteroatoms. The van der Waals surface area contributed by atoms with E-state index in [4.69, 9.17) is 0 Å². The molecule has 0 aromatic heterocycles. The van der Waals surface area contributed by atoms with Gasteiger partial charge in [0, 0.05) is 13.1 Å². The molecule has 1 saturated heterocycles. The Hall–Kier alpha value is 0.177. The van der Waals surface area contributed by atoms with Gasteiger partial charge in [0.2, 0.25) is 0 Å². The quantitative estimate of drug-likeness (QED) is 0.618. The van der Waals surface area contributed by atoms with Crippen molar-refractivity contribution in [2.75, 3.05) is 19.3 Å². The van der Waals surface area contributed by atoms with E-state index in [0.29, 0.717) is 0 Å². The molecule has 0 aromatic rings. The Morgan fingerprint density at radius 1 is 1.08 bits per heavy atom. The Kier molecular flexibility index (Phi) is 3.58. The summed E-state index contributed by atoms with van der Waals surface area (Å²) in [6, 6.07) is 0. The van der Waals surface area contributed by atoms with E-state index in [0.717, 1.165) is 11.8 Å². The predicted molar refractivity (Wildman–Crippen MR) is 62.7 cm³/mol. The molecule has 13 heavy (non-hydrogen) atoms. The average molecular weight is 199 g/mol. The third-order valence-corrected chi connectivity index (χ3v) is 4.04. The number of piperidine rings is 1. The van der Waals surface area contributed by atoms with Crippen LogP contribution in [0.3, 0.4) is 0 Å². The maximum absolute atomic E-state index is 2.70. The molecule has 0 radical (unpaired) electrons. The Morgan fingerprint density at radius 2 is 1.54 bits per heavy atom. The smallest absolute Gasteiger partial charge is 0.0599 e. The second-order valence-electron chi connectivity index (χ2n) is 6.20. The molecular formula is C11H25NSi. The standard InChI is InChI=1S/C11H25NSi/c1-10-6-11(2)8-12(7-10)9-13(3,4)5/h10-11H,6-9H2,1-5H3. The fourth-order valence-electron chi connectivity index (χ4n) is 2.59. The Balaban J connectivity index is 2.42. The van der Waals surface area contributed by atoms with Crippen LogP contribution in [0.2, 0.25) is 19.6 Å². The van der Waals surface area contributed by atoms with Crippen LogP contribution < -0.4 is 0 Å². The highest BCUT2D eigenvalue weighted by Crippen LogP contribution is 2.21. The molecular weight excluding hydrogens is 174 g/mol. The van der Waals surface area contributed by atoms with Crippen LogP contribution in [0, 0.1) is 11.8 Å². The van der Waals surface area contributed by atoms with Crippen molar-refractivity contribution in [2.24, 2.45) is 11.8 Å². The lowest BCUT2D eigenvalue weighted by Crippen LogP contribution is -2.46. The van der Waals surface area contributed by atoms with Crippen LogP contribution >= 0.6 is 0 Å². The van der Waals surface area contributed by atoms with Gasteiger partial charge < -0.3 is 4.90 Å². The summed E-state index contributed by atoms with van der Waals surface area (Å²) in [5.41, 5.74) is 0. The molecule has 1 aliphatic rings. The molecule has 0 aliphatic carbocycles. The monoisotopic (exact) mass is 199 g/mol. The number of hydrogen-bond donors (Lipinski definition) is 0. The first-order chi connectivity index (χ1) is 5.87. The maximum atomic E-state index is 2.70. The van der Waals surface area contributed by atoms with E-state index in [-0.39, 0.29) is 0 Å². The summed E-state index contributed by atoms with van der Waals surface area (Å²) >= 11 is 0. The molecule has 0 N–H and O–H groups in total. The van der Waals surface area contributed by atoms with Crippen LogP contribution in [-0.4, -0.2) is 32.2 Å². The van der Waals surface area contributed by atoms with E-state index in [1.807, 2.05) is 0 Å². The molecule has 1 heterocycles. The topological polar surface area (TPSA) is 3.24 Å². The third kappa shape index (κ3) is 4.27. The van der Waals surface area contributed by atoms with Crippen molar-refractivity contribution < 1.29 is 0 Å². The minimum atomic E-state index is -0.878. The van der Waals surface area contributed by atoms with Gasteiger partial charge in [0.1, 0.15) is 0 Å². The third-order valence-electron chi connectivity index (χ3n) is 2.64. The lowest BCUT2D eigenvalue weighted by atomic mass is 9.92. The number of likely N-dealkylation sites (tertiary alicyclic amines) is 1. The van der Waals surface area contributed by atoms with Crippen molar-refractivity contribution >= 4 is 8.07 Å². The molecule has 1 aliphatic heterocycles. The summed E-state index contributed by atoms with van der Waals surface area (Å²) in [5, 5.41) is 0. The highest BCUT2D eigenvalue weighted by molar-refractivity contribution is 6.76.